The Hall–Kier alpha value is -2.89. The summed E-state index contributed by atoms with van der Waals surface area (Å²) in [6, 6.07) is 17.9. The molecule has 5 nitrogen and oxygen atoms in total. The molecule has 2 aromatic carbocycles. The summed E-state index contributed by atoms with van der Waals surface area (Å²) in [6.45, 7) is 0.226. The molecule has 0 atom stereocenters. The van der Waals surface area contributed by atoms with Gasteiger partial charge in [-0.15, -0.1) is 11.3 Å². The van der Waals surface area contributed by atoms with Gasteiger partial charge in [0, 0.05) is 33.0 Å². The summed E-state index contributed by atoms with van der Waals surface area (Å²) in [6.07, 6.45) is 4.07. The van der Waals surface area contributed by atoms with Gasteiger partial charge in [0.1, 0.15) is 28.5 Å². The molecule has 0 saturated carbocycles. The van der Waals surface area contributed by atoms with E-state index in [2.05, 4.69) is 11.4 Å². The Bertz CT molecular complexity index is 1400. The third kappa shape index (κ3) is 5.42. The van der Waals surface area contributed by atoms with Gasteiger partial charge < -0.3 is 9.84 Å². The fourth-order valence-corrected chi connectivity index (χ4v) is 6.32. The van der Waals surface area contributed by atoms with E-state index in [0.717, 1.165) is 63.8 Å². The number of thiazole rings is 1. The van der Waals surface area contributed by atoms with Gasteiger partial charge in [0.25, 0.3) is 0 Å². The maximum absolute atomic E-state index is 10.2. The van der Waals surface area contributed by atoms with Crippen LogP contribution in [0.4, 0.5) is 0 Å². The Morgan fingerprint density at radius 3 is 2.53 bits per heavy atom. The lowest BCUT2D eigenvalue weighted by atomic mass is 9.87. The maximum atomic E-state index is 10.2. The first-order valence-corrected chi connectivity index (χ1v) is 14.0. The number of nitrogens with zero attached hydrogens (tertiary/aromatic N) is 3. The van der Waals surface area contributed by atoms with Crippen molar-refractivity contribution >= 4 is 34.7 Å². The van der Waals surface area contributed by atoms with Crippen LogP contribution in [0.15, 0.2) is 58.9 Å². The molecule has 0 spiro atoms. The van der Waals surface area contributed by atoms with Crippen LogP contribution in [0.5, 0.6) is 5.75 Å². The highest BCUT2D eigenvalue weighted by Crippen LogP contribution is 2.39. The number of pyridine rings is 1. The number of aliphatic hydroxyl groups is 1. The molecule has 0 bridgehead atoms. The summed E-state index contributed by atoms with van der Waals surface area (Å²) >= 11 is 9.19. The summed E-state index contributed by atoms with van der Waals surface area (Å²) in [5, 5.41) is 23.7. The fraction of sp³-hybridized carbons (Fsp3) is 0.250. The number of hydrogen-bond donors (Lipinski definition) is 1. The normalized spacial score (nSPS) is 12.7. The Balaban J connectivity index is 1.44. The van der Waals surface area contributed by atoms with Crippen LogP contribution < -0.4 is 4.74 Å². The Labute approximate surface area is 223 Å². The maximum Gasteiger partial charge on any atom is 0.123 e. The third-order valence-corrected chi connectivity index (χ3v) is 8.26. The van der Waals surface area contributed by atoms with E-state index in [1.165, 1.54) is 5.56 Å². The molecule has 0 amide bonds. The molecule has 0 fully saturated rings. The lowest BCUT2D eigenvalue weighted by Gasteiger charge is -2.22. The monoisotopic (exact) mass is 533 g/mol. The third-order valence-electron chi connectivity index (χ3n) is 6.06. The van der Waals surface area contributed by atoms with Crippen molar-refractivity contribution in [2.75, 3.05) is 13.2 Å². The van der Waals surface area contributed by atoms with Crippen LogP contribution in [0.1, 0.15) is 35.4 Å². The molecule has 2 heterocycles. The van der Waals surface area contributed by atoms with E-state index >= 15 is 0 Å². The summed E-state index contributed by atoms with van der Waals surface area (Å²) in [5.74, 6) is 1.33. The first kappa shape index (κ1) is 24.8. The van der Waals surface area contributed by atoms with Gasteiger partial charge in [-0.1, -0.05) is 47.6 Å². The largest absolute Gasteiger partial charge is 0.491 e. The van der Waals surface area contributed by atoms with Crippen LogP contribution in [0, 0.1) is 11.3 Å². The predicted molar refractivity (Wildman–Crippen MR) is 146 cm³/mol. The lowest BCUT2D eigenvalue weighted by Crippen LogP contribution is -2.10. The smallest absolute Gasteiger partial charge is 0.123 e. The Kier molecular flexibility index (Phi) is 7.88. The summed E-state index contributed by atoms with van der Waals surface area (Å²) in [4.78, 5) is 9.76. The first-order valence-electron chi connectivity index (χ1n) is 11.8. The number of ether oxygens (including phenoxy) is 1. The Morgan fingerprint density at radius 1 is 1.03 bits per heavy atom. The van der Waals surface area contributed by atoms with Crippen LogP contribution in [-0.4, -0.2) is 28.3 Å². The number of hydrogen-bond acceptors (Lipinski definition) is 7. The lowest BCUT2D eigenvalue weighted by molar-refractivity contribution is 0.201. The Morgan fingerprint density at radius 2 is 1.78 bits per heavy atom. The number of aromatic nitrogens is 2. The molecule has 36 heavy (non-hydrogen) atoms. The molecule has 0 radical (unpaired) electrons. The van der Waals surface area contributed by atoms with Gasteiger partial charge in [-0.05, 0) is 61.1 Å². The molecule has 1 aliphatic rings. The molecule has 182 valence electrons. The summed E-state index contributed by atoms with van der Waals surface area (Å²) in [5.41, 5.74) is 6.88. The zero-order chi connectivity index (χ0) is 24.9. The zero-order valence-corrected chi connectivity index (χ0v) is 21.9. The number of nitriles is 1. The van der Waals surface area contributed by atoms with E-state index in [-0.39, 0.29) is 13.2 Å². The van der Waals surface area contributed by atoms with Crippen LogP contribution in [0.25, 0.3) is 21.7 Å². The van der Waals surface area contributed by atoms with Crippen molar-refractivity contribution in [3.8, 4) is 33.5 Å². The molecule has 1 N–H and O–H groups in total. The van der Waals surface area contributed by atoms with Gasteiger partial charge in [-0.3, -0.25) is 0 Å². The molecule has 8 heteroatoms. The standard InChI is InChI=1S/C28H24ClN3O2S2/c29-20-9-5-19(6-10-20)27-31-21(16-35-27)17-36-28-24(15-30)26(23-3-1-2-4-25(23)32-28)18-7-11-22(12-8-18)34-14-13-33/h5-12,16,33H,1-4,13-14,17H2. The number of thioether (sulfide) groups is 1. The van der Waals surface area contributed by atoms with Crippen LogP contribution in [0.3, 0.4) is 0 Å². The molecule has 0 aliphatic heterocycles. The van der Waals surface area contributed by atoms with Crippen molar-refractivity contribution in [2.24, 2.45) is 0 Å². The minimum absolute atomic E-state index is 0.0288. The van der Waals surface area contributed by atoms with E-state index in [1.807, 2.05) is 48.5 Å². The van der Waals surface area contributed by atoms with Crippen molar-refractivity contribution in [3.05, 3.63) is 81.4 Å². The van der Waals surface area contributed by atoms with Gasteiger partial charge >= 0.3 is 0 Å². The number of fused-ring (bicyclic) bond motifs is 1. The molecule has 5 rings (SSSR count). The van der Waals surface area contributed by atoms with Crippen LogP contribution in [0.2, 0.25) is 5.02 Å². The number of benzene rings is 2. The highest BCUT2D eigenvalue weighted by atomic mass is 35.5. The highest BCUT2D eigenvalue weighted by molar-refractivity contribution is 7.98. The molecule has 4 aromatic rings. The second kappa shape index (κ2) is 11.4. The van der Waals surface area contributed by atoms with E-state index in [4.69, 9.17) is 31.4 Å². The molecular weight excluding hydrogens is 510 g/mol. The van der Waals surface area contributed by atoms with E-state index in [1.54, 1.807) is 23.1 Å². The number of halogens is 1. The minimum atomic E-state index is -0.0288. The number of aryl methyl sites for hydroxylation is 1. The second-order valence-electron chi connectivity index (χ2n) is 8.45. The van der Waals surface area contributed by atoms with Crippen molar-refractivity contribution < 1.29 is 9.84 Å². The van der Waals surface area contributed by atoms with Gasteiger partial charge in [0.2, 0.25) is 0 Å². The van der Waals surface area contributed by atoms with Gasteiger partial charge in [-0.25, -0.2) is 9.97 Å². The summed E-state index contributed by atoms with van der Waals surface area (Å²) in [7, 11) is 0. The fourth-order valence-electron chi connectivity index (χ4n) is 4.37. The van der Waals surface area contributed by atoms with Crippen LogP contribution >= 0.6 is 34.7 Å². The minimum Gasteiger partial charge on any atom is -0.491 e. The van der Waals surface area contributed by atoms with Crippen molar-refractivity contribution in [3.63, 3.8) is 0 Å². The first-order chi connectivity index (χ1) is 17.7. The van der Waals surface area contributed by atoms with E-state index in [9.17, 15) is 5.26 Å². The van der Waals surface area contributed by atoms with E-state index < -0.39 is 0 Å². The average Bonchev–Trinajstić information content (AvgIpc) is 3.39. The van der Waals surface area contributed by atoms with Gasteiger partial charge in [-0.2, -0.15) is 5.26 Å². The molecule has 1 aliphatic carbocycles. The molecular formula is C28H24ClN3O2S2. The average molecular weight is 534 g/mol. The molecule has 0 saturated heterocycles. The van der Waals surface area contributed by atoms with Crippen molar-refractivity contribution in [1.82, 2.24) is 9.97 Å². The van der Waals surface area contributed by atoms with Crippen LogP contribution in [-0.2, 0) is 18.6 Å². The van der Waals surface area contributed by atoms with Gasteiger partial charge in [0.15, 0.2) is 0 Å². The highest BCUT2D eigenvalue weighted by Gasteiger charge is 2.23. The quantitative estimate of drug-likeness (QED) is 0.247. The molecule has 0 unspecified atom stereocenters. The van der Waals surface area contributed by atoms with E-state index in [0.29, 0.717) is 22.1 Å². The molecule has 2 aromatic heterocycles. The summed E-state index contributed by atoms with van der Waals surface area (Å²) < 4.78 is 5.52. The number of aliphatic hydroxyl groups excluding tert-OH is 1. The topological polar surface area (TPSA) is 79.0 Å². The van der Waals surface area contributed by atoms with Gasteiger partial charge in [0.05, 0.1) is 17.9 Å². The SMILES string of the molecule is N#Cc1c(SCc2csc(-c3ccc(Cl)cc3)n2)nc2c(c1-c1ccc(OCCO)cc1)CCCC2. The zero-order valence-electron chi connectivity index (χ0n) is 19.5. The second-order valence-corrected chi connectivity index (χ2v) is 10.7. The van der Waals surface area contributed by atoms with Crippen molar-refractivity contribution in [1.29, 1.82) is 5.26 Å². The van der Waals surface area contributed by atoms with Crippen molar-refractivity contribution in [2.45, 2.75) is 36.5 Å². The predicted octanol–water partition coefficient (Wildman–Crippen LogP) is 6.94. The number of rotatable bonds is 8.